The van der Waals surface area contributed by atoms with Gasteiger partial charge in [-0.25, -0.2) is 4.79 Å². The number of esters is 1. The lowest BCUT2D eigenvalue weighted by atomic mass is 9.88. The third-order valence-electron chi connectivity index (χ3n) is 2.66. The molecular weight excluding hydrogens is 188 g/mol. The van der Waals surface area contributed by atoms with Gasteiger partial charge in [-0.1, -0.05) is 26.0 Å². The standard InChI is InChI=1S/C13H18O2/c1-5-6-13(14)15-12-8-10(3)9(2)7-11(12)4/h5-10H,1-4H3/b6-5-/t9-,10?/m1/s1. The van der Waals surface area contributed by atoms with Crippen LogP contribution in [0.25, 0.3) is 0 Å². The molecule has 0 aromatic rings. The Morgan fingerprint density at radius 3 is 2.53 bits per heavy atom. The second-order valence-corrected chi connectivity index (χ2v) is 4.02. The SMILES string of the molecule is C/C=C\C(=O)OC1=CC(C)[C@H](C)C=C1C. The van der Waals surface area contributed by atoms with Crippen molar-refractivity contribution < 1.29 is 9.53 Å². The molecule has 2 heteroatoms. The Kier molecular flexibility index (Phi) is 3.89. The summed E-state index contributed by atoms with van der Waals surface area (Å²) in [6.45, 7) is 8.05. The van der Waals surface area contributed by atoms with E-state index >= 15 is 0 Å². The largest absolute Gasteiger partial charge is 0.423 e. The van der Waals surface area contributed by atoms with Gasteiger partial charge in [-0.2, -0.15) is 0 Å². The Bertz CT molecular complexity index is 334. The van der Waals surface area contributed by atoms with Crippen LogP contribution < -0.4 is 0 Å². The molecule has 15 heavy (non-hydrogen) atoms. The maximum Gasteiger partial charge on any atom is 0.335 e. The first-order valence-electron chi connectivity index (χ1n) is 5.29. The molecule has 1 rings (SSSR count). The molecule has 0 amide bonds. The van der Waals surface area contributed by atoms with Gasteiger partial charge in [-0.05, 0) is 37.3 Å². The molecule has 0 aromatic carbocycles. The third kappa shape index (κ3) is 3.08. The van der Waals surface area contributed by atoms with Crippen molar-refractivity contribution in [3.63, 3.8) is 0 Å². The molecule has 0 radical (unpaired) electrons. The minimum absolute atomic E-state index is 0.307. The van der Waals surface area contributed by atoms with E-state index < -0.39 is 0 Å². The van der Waals surface area contributed by atoms with Gasteiger partial charge in [0.15, 0.2) is 0 Å². The summed E-state index contributed by atoms with van der Waals surface area (Å²) in [7, 11) is 0. The highest BCUT2D eigenvalue weighted by molar-refractivity contribution is 5.83. The van der Waals surface area contributed by atoms with Crippen LogP contribution in [-0.2, 0) is 9.53 Å². The first-order chi connectivity index (χ1) is 7.04. The van der Waals surface area contributed by atoms with E-state index in [0.717, 1.165) is 5.57 Å². The highest BCUT2D eigenvalue weighted by atomic mass is 16.5. The number of allylic oxidation sites excluding steroid dienone is 4. The van der Waals surface area contributed by atoms with Crippen LogP contribution in [0.15, 0.2) is 35.6 Å². The monoisotopic (exact) mass is 206 g/mol. The zero-order valence-corrected chi connectivity index (χ0v) is 9.78. The lowest BCUT2D eigenvalue weighted by Crippen LogP contribution is -2.13. The van der Waals surface area contributed by atoms with Crippen molar-refractivity contribution in [3.05, 3.63) is 35.6 Å². The van der Waals surface area contributed by atoms with E-state index in [2.05, 4.69) is 19.9 Å². The van der Waals surface area contributed by atoms with Crippen molar-refractivity contribution >= 4 is 5.97 Å². The second kappa shape index (κ2) is 4.96. The van der Waals surface area contributed by atoms with E-state index in [9.17, 15) is 4.79 Å². The fraction of sp³-hybridized carbons (Fsp3) is 0.462. The maximum atomic E-state index is 11.3. The molecule has 2 atom stereocenters. The minimum atomic E-state index is -0.307. The van der Waals surface area contributed by atoms with Gasteiger partial charge < -0.3 is 4.74 Å². The summed E-state index contributed by atoms with van der Waals surface area (Å²) in [5.74, 6) is 1.32. The first-order valence-corrected chi connectivity index (χ1v) is 5.29. The van der Waals surface area contributed by atoms with Crippen LogP contribution in [0.4, 0.5) is 0 Å². The van der Waals surface area contributed by atoms with Gasteiger partial charge >= 0.3 is 5.97 Å². The van der Waals surface area contributed by atoms with Crippen LogP contribution in [0, 0.1) is 11.8 Å². The van der Waals surface area contributed by atoms with E-state index in [4.69, 9.17) is 4.74 Å². The Morgan fingerprint density at radius 2 is 1.93 bits per heavy atom. The number of hydrogen-bond donors (Lipinski definition) is 0. The maximum absolute atomic E-state index is 11.3. The van der Waals surface area contributed by atoms with Crippen LogP contribution >= 0.6 is 0 Å². The smallest absolute Gasteiger partial charge is 0.335 e. The third-order valence-corrected chi connectivity index (χ3v) is 2.66. The van der Waals surface area contributed by atoms with Gasteiger partial charge in [-0.15, -0.1) is 0 Å². The summed E-state index contributed by atoms with van der Waals surface area (Å²) < 4.78 is 5.23. The molecule has 2 nitrogen and oxygen atoms in total. The Balaban J connectivity index is 2.74. The van der Waals surface area contributed by atoms with Crippen LogP contribution in [-0.4, -0.2) is 5.97 Å². The van der Waals surface area contributed by atoms with E-state index in [1.165, 1.54) is 6.08 Å². The van der Waals surface area contributed by atoms with Gasteiger partial charge in [0.05, 0.1) is 0 Å². The van der Waals surface area contributed by atoms with Crippen molar-refractivity contribution in [2.45, 2.75) is 27.7 Å². The van der Waals surface area contributed by atoms with Crippen LogP contribution in [0.1, 0.15) is 27.7 Å². The number of hydrogen-bond acceptors (Lipinski definition) is 2. The molecule has 0 heterocycles. The average Bonchev–Trinajstić information content (AvgIpc) is 2.14. The Morgan fingerprint density at radius 1 is 1.33 bits per heavy atom. The van der Waals surface area contributed by atoms with E-state index in [1.54, 1.807) is 13.0 Å². The zero-order chi connectivity index (χ0) is 11.4. The normalized spacial score (nSPS) is 26.1. The van der Waals surface area contributed by atoms with Gasteiger partial charge in [0, 0.05) is 6.08 Å². The molecule has 0 aliphatic heterocycles. The first kappa shape index (κ1) is 11.8. The number of ether oxygens (including phenoxy) is 1. The molecule has 0 aromatic heterocycles. The number of rotatable bonds is 2. The van der Waals surface area contributed by atoms with Crippen molar-refractivity contribution in [2.75, 3.05) is 0 Å². The summed E-state index contributed by atoms with van der Waals surface area (Å²) >= 11 is 0. The molecule has 1 unspecified atom stereocenters. The van der Waals surface area contributed by atoms with Crippen molar-refractivity contribution in [1.29, 1.82) is 0 Å². The van der Waals surface area contributed by atoms with Crippen molar-refractivity contribution in [1.82, 2.24) is 0 Å². The highest BCUT2D eigenvalue weighted by Crippen LogP contribution is 2.27. The molecule has 0 N–H and O–H groups in total. The van der Waals surface area contributed by atoms with Gasteiger partial charge in [0.25, 0.3) is 0 Å². The summed E-state index contributed by atoms with van der Waals surface area (Å²) in [4.78, 5) is 11.3. The summed E-state index contributed by atoms with van der Waals surface area (Å²) in [6, 6.07) is 0. The molecule has 82 valence electrons. The highest BCUT2D eigenvalue weighted by Gasteiger charge is 2.18. The predicted molar refractivity (Wildman–Crippen MR) is 61.1 cm³/mol. The average molecular weight is 206 g/mol. The number of carbonyl (C=O) groups is 1. The molecule has 0 spiro atoms. The van der Waals surface area contributed by atoms with Crippen molar-refractivity contribution in [3.8, 4) is 0 Å². The van der Waals surface area contributed by atoms with E-state index in [0.29, 0.717) is 17.6 Å². The topological polar surface area (TPSA) is 26.3 Å². The van der Waals surface area contributed by atoms with E-state index in [1.807, 2.05) is 13.0 Å². The van der Waals surface area contributed by atoms with Crippen LogP contribution in [0.2, 0.25) is 0 Å². The number of carbonyl (C=O) groups excluding carboxylic acids is 1. The molecule has 0 saturated heterocycles. The fourth-order valence-corrected chi connectivity index (χ4v) is 1.54. The molecule has 1 aliphatic rings. The lowest BCUT2D eigenvalue weighted by Gasteiger charge is -2.21. The minimum Gasteiger partial charge on any atom is -0.423 e. The quantitative estimate of drug-likeness (QED) is 0.512. The van der Waals surface area contributed by atoms with Crippen LogP contribution in [0.5, 0.6) is 0 Å². The van der Waals surface area contributed by atoms with E-state index in [-0.39, 0.29) is 5.97 Å². The fourth-order valence-electron chi connectivity index (χ4n) is 1.54. The molecule has 0 saturated carbocycles. The molecule has 0 bridgehead atoms. The van der Waals surface area contributed by atoms with Crippen LogP contribution in [0.3, 0.4) is 0 Å². The Labute approximate surface area is 91.3 Å². The summed E-state index contributed by atoms with van der Waals surface area (Å²) in [6.07, 6.45) is 7.26. The molecule has 0 fully saturated rings. The molecular formula is C13H18O2. The zero-order valence-electron chi connectivity index (χ0n) is 9.78. The van der Waals surface area contributed by atoms with Crippen molar-refractivity contribution in [2.24, 2.45) is 11.8 Å². The summed E-state index contributed by atoms with van der Waals surface area (Å²) in [5.41, 5.74) is 1.04. The Hall–Kier alpha value is -1.31. The van der Waals surface area contributed by atoms with Gasteiger partial charge in [-0.3, -0.25) is 0 Å². The van der Waals surface area contributed by atoms with Gasteiger partial charge in [0.2, 0.25) is 0 Å². The van der Waals surface area contributed by atoms with Gasteiger partial charge in [0.1, 0.15) is 5.76 Å². The lowest BCUT2D eigenvalue weighted by molar-refractivity contribution is -0.133. The summed E-state index contributed by atoms with van der Waals surface area (Å²) in [5, 5.41) is 0. The predicted octanol–water partition coefficient (Wildman–Crippen LogP) is 3.22. The molecule has 1 aliphatic carbocycles. The second-order valence-electron chi connectivity index (χ2n) is 4.02.